The molecule has 0 saturated carbocycles. The van der Waals surface area contributed by atoms with Crippen molar-refractivity contribution < 1.29 is 27.8 Å². The van der Waals surface area contributed by atoms with E-state index in [0.29, 0.717) is 10.7 Å². The summed E-state index contributed by atoms with van der Waals surface area (Å²) >= 11 is 6.24. The van der Waals surface area contributed by atoms with Crippen LogP contribution >= 0.6 is 11.6 Å². The number of alkyl halides is 2. The molecule has 2 aromatic rings. The topological polar surface area (TPSA) is 64.6 Å². The first-order chi connectivity index (χ1) is 14.8. The van der Waals surface area contributed by atoms with Crippen LogP contribution in [0.4, 0.5) is 14.5 Å². The van der Waals surface area contributed by atoms with Gasteiger partial charge in [0, 0.05) is 12.0 Å². The Bertz CT molecular complexity index is 1010. The predicted octanol–water partition coefficient (Wildman–Crippen LogP) is 4.79. The first-order valence-corrected chi connectivity index (χ1v) is 10.1. The fourth-order valence-corrected chi connectivity index (χ4v) is 4.02. The number of hydrogen-bond donors (Lipinski definition) is 1. The number of benzene rings is 2. The number of carbonyl (C=O) groups is 2. The van der Waals surface area contributed by atoms with Gasteiger partial charge in [-0.05, 0) is 31.2 Å². The number of methoxy groups -OCH3 is 1. The van der Waals surface area contributed by atoms with Crippen molar-refractivity contribution in [3.05, 3.63) is 71.3 Å². The van der Waals surface area contributed by atoms with Crippen molar-refractivity contribution in [2.45, 2.75) is 30.7 Å². The third-order valence-electron chi connectivity index (χ3n) is 5.26. The second kappa shape index (κ2) is 9.06. The molecule has 0 heterocycles. The Morgan fingerprint density at radius 3 is 2.55 bits per heavy atom. The van der Waals surface area contributed by atoms with E-state index in [9.17, 15) is 9.59 Å². The van der Waals surface area contributed by atoms with Crippen LogP contribution in [0.1, 0.15) is 18.9 Å². The van der Waals surface area contributed by atoms with E-state index in [1.807, 2.05) is 0 Å². The Kier molecular flexibility index (Phi) is 6.65. The summed E-state index contributed by atoms with van der Waals surface area (Å²) in [6.07, 6.45) is 1.63. The van der Waals surface area contributed by atoms with Crippen molar-refractivity contribution >= 4 is 29.0 Å². The molecule has 1 aliphatic rings. The zero-order valence-electron chi connectivity index (χ0n) is 17.0. The molecule has 1 N–H and O–H groups in total. The third kappa shape index (κ3) is 4.28. The summed E-state index contributed by atoms with van der Waals surface area (Å²) in [4.78, 5) is 25.2. The molecule has 0 spiro atoms. The highest BCUT2D eigenvalue weighted by atomic mass is 35.5. The van der Waals surface area contributed by atoms with Crippen molar-refractivity contribution in [1.82, 2.24) is 0 Å². The van der Waals surface area contributed by atoms with Gasteiger partial charge in [0.05, 0.1) is 35.9 Å². The summed E-state index contributed by atoms with van der Waals surface area (Å²) in [5.41, 5.74) is -1.13. The minimum absolute atomic E-state index is 0.205. The molecule has 0 radical (unpaired) electrons. The van der Waals surface area contributed by atoms with Gasteiger partial charge in [-0.15, -0.1) is 0 Å². The molecule has 1 aliphatic carbocycles. The van der Waals surface area contributed by atoms with Crippen LogP contribution in [0, 0.1) is 0 Å². The molecule has 0 fully saturated rings. The highest BCUT2D eigenvalue weighted by Gasteiger charge is 2.58. The quantitative estimate of drug-likeness (QED) is 0.587. The van der Waals surface area contributed by atoms with Gasteiger partial charge < -0.3 is 14.8 Å². The molecule has 31 heavy (non-hydrogen) atoms. The number of hydrogen-bond acceptors (Lipinski definition) is 5. The van der Waals surface area contributed by atoms with Crippen LogP contribution in [0.5, 0.6) is 5.75 Å². The van der Waals surface area contributed by atoms with E-state index in [-0.39, 0.29) is 17.9 Å². The number of carbonyl (C=O) groups excluding carboxylic acids is 2. The molecular weight excluding hydrogens is 428 g/mol. The molecule has 164 valence electrons. The molecule has 0 unspecified atom stereocenters. The molecule has 0 saturated heterocycles. The lowest BCUT2D eigenvalue weighted by atomic mass is 9.69. The number of ether oxygens (including phenoxy) is 2. The number of esters is 1. The highest BCUT2D eigenvalue weighted by Crippen LogP contribution is 2.47. The van der Waals surface area contributed by atoms with Crippen LogP contribution < -0.4 is 10.1 Å². The lowest BCUT2D eigenvalue weighted by Gasteiger charge is -2.38. The zero-order valence-corrected chi connectivity index (χ0v) is 17.8. The highest BCUT2D eigenvalue weighted by molar-refractivity contribution is 6.33. The molecule has 2 aromatic carbocycles. The van der Waals surface area contributed by atoms with Gasteiger partial charge in [-0.25, -0.2) is 4.79 Å². The number of halogens is 3. The number of anilines is 1. The van der Waals surface area contributed by atoms with Gasteiger partial charge in [-0.1, -0.05) is 48.0 Å². The van der Waals surface area contributed by atoms with E-state index in [1.165, 1.54) is 26.2 Å². The molecule has 0 aliphatic heterocycles. The lowest BCUT2D eigenvalue weighted by molar-refractivity contribution is -0.174. The summed E-state index contributed by atoms with van der Waals surface area (Å²) in [5, 5.41) is 3.46. The van der Waals surface area contributed by atoms with Crippen LogP contribution in [0.15, 0.2) is 60.7 Å². The first kappa shape index (κ1) is 22.7. The monoisotopic (exact) mass is 449 g/mol. The maximum absolute atomic E-state index is 15.0. The Morgan fingerprint density at radius 1 is 1.19 bits per heavy atom. The lowest BCUT2D eigenvalue weighted by Crippen LogP contribution is -2.51. The van der Waals surface area contributed by atoms with Gasteiger partial charge in [0.15, 0.2) is 5.78 Å². The Labute approximate surface area is 184 Å². The zero-order chi connectivity index (χ0) is 22.6. The smallest absolute Gasteiger partial charge is 0.377 e. The molecular formula is C23H22ClF2NO4. The van der Waals surface area contributed by atoms with E-state index in [1.54, 1.807) is 48.5 Å². The average Bonchev–Trinajstić information content (AvgIpc) is 3.05. The Hall–Kier alpha value is -2.93. The molecule has 2 atom stereocenters. The molecule has 0 bridgehead atoms. The second-order valence-corrected chi connectivity index (χ2v) is 7.51. The Morgan fingerprint density at radius 2 is 1.87 bits per heavy atom. The van der Waals surface area contributed by atoms with E-state index >= 15 is 8.78 Å². The first-order valence-electron chi connectivity index (χ1n) is 9.68. The number of allylic oxidation sites excluding steroid dienone is 1. The number of para-hydroxylation sites is 2. The normalized spacial score (nSPS) is 20.5. The Balaban J connectivity index is 2.15. The maximum Gasteiger partial charge on any atom is 0.377 e. The molecule has 0 aromatic heterocycles. The van der Waals surface area contributed by atoms with Gasteiger partial charge in [-0.3, -0.25) is 4.79 Å². The summed E-state index contributed by atoms with van der Waals surface area (Å²) in [6.45, 7) is 1.23. The van der Waals surface area contributed by atoms with E-state index < -0.39 is 35.6 Å². The van der Waals surface area contributed by atoms with Gasteiger partial charge in [0.25, 0.3) is 0 Å². The second-order valence-electron chi connectivity index (χ2n) is 7.10. The molecule has 5 nitrogen and oxygen atoms in total. The fourth-order valence-electron chi connectivity index (χ4n) is 3.83. The van der Waals surface area contributed by atoms with E-state index in [4.69, 9.17) is 16.3 Å². The average molecular weight is 450 g/mol. The van der Waals surface area contributed by atoms with E-state index in [2.05, 4.69) is 10.1 Å². The SMILES string of the molecule is CCOC(=O)C(F)(F)C[C@]1(c2ccccc2OC)C(=O)C=C[C@H]1Nc1ccccc1Cl. The minimum Gasteiger partial charge on any atom is -0.496 e. The number of ketones is 1. The molecule has 0 amide bonds. The van der Waals surface area contributed by atoms with Crippen LogP contribution in [0.3, 0.4) is 0 Å². The van der Waals surface area contributed by atoms with Crippen LogP contribution in [-0.4, -0.2) is 37.4 Å². The van der Waals surface area contributed by atoms with Gasteiger partial charge >= 0.3 is 11.9 Å². The fraction of sp³-hybridized carbons (Fsp3) is 0.304. The maximum atomic E-state index is 15.0. The summed E-state index contributed by atoms with van der Waals surface area (Å²) < 4.78 is 40.0. The van der Waals surface area contributed by atoms with E-state index in [0.717, 1.165) is 0 Å². The summed E-state index contributed by atoms with van der Waals surface area (Å²) in [5.74, 6) is -5.92. The third-order valence-corrected chi connectivity index (χ3v) is 5.59. The van der Waals surface area contributed by atoms with Crippen molar-refractivity contribution in [2.75, 3.05) is 19.0 Å². The van der Waals surface area contributed by atoms with Crippen LogP contribution in [-0.2, 0) is 19.7 Å². The standard InChI is InChI=1S/C23H22ClF2NO4/c1-3-31-21(29)23(25,26)14-22(15-8-4-7-11-18(15)30-2)19(12-13-20(22)28)27-17-10-6-5-9-16(17)24/h4-13,19,27H,3,14H2,1-2H3/t19-,22-/m1/s1. The number of rotatable bonds is 8. The summed E-state index contributed by atoms with van der Waals surface area (Å²) in [7, 11) is 1.39. The largest absolute Gasteiger partial charge is 0.496 e. The molecule has 3 rings (SSSR count). The summed E-state index contributed by atoms with van der Waals surface area (Å²) in [6, 6.07) is 12.3. The van der Waals surface area contributed by atoms with Gasteiger partial charge in [0.2, 0.25) is 0 Å². The van der Waals surface area contributed by atoms with Crippen molar-refractivity contribution in [1.29, 1.82) is 0 Å². The van der Waals surface area contributed by atoms with Crippen LogP contribution in [0.2, 0.25) is 5.02 Å². The van der Waals surface area contributed by atoms with Crippen molar-refractivity contribution in [3.63, 3.8) is 0 Å². The van der Waals surface area contributed by atoms with Crippen molar-refractivity contribution in [2.24, 2.45) is 0 Å². The minimum atomic E-state index is -3.92. The van der Waals surface area contributed by atoms with Crippen LogP contribution in [0.25, 0.3) is 0 Å². The predicted molar refractivity (Wildman–Crippen MR) is 114 cm³/mol. The van der Waals surface area contributed by atoms with Crippen molar-refractivity contribution in [3.8, 4) is 5.75 Å². The van der Waals surface area contributed by atoms with Gasteiger partial charge in [-0.2, -0.15) is 8.78 Å². The number of nitrogens with one attached hydrogen (secondary N) is 1. The molecule has 8 heteroatoms. The van der Waals surface area contributed by atoms with Gasteiger partial charge in [0.1, 0.15) is 5.75 Å².